The third kappa shape index (κ3) is 2.51. The number of hydrogen-bond acceptors (Lipinski definition) is 3. The molecule has 0 aliphatic carbocycles. The van der Waals surface area contributed by atoms with Crippen molar-refractivity contribution in [2.75, 3.05) is 0 Å². The molecule has 2 heterocycles. The molecule has 2 aromatic heterocycles. The highest BCUT2D eigenvalue weighted by atomic mass is 35.5. The second-order valence-corrected chi connectivity index (χ2v) is 5.47. The van der Waals surface area contributed by atoms with Gasteiger partial charge in [0.15, 0.2) is 0 Å². The van der Waals surface area contributed by atoms with E-state index in [9.17, 15) is 0 Å². The lowest BCUT2D eigenvalue weighted by atomic mass is 9.98. The second kappa shape index (κ2) is 5.82. The van der Waals surface area contributed by atoms with Gasteiger partial charge in [0.1, 0.15) is 11.5 Å². The number of halogens is 1. The number of unbranched alkanes of at least 4 members (excludes halogenated alkanes) is 1. The minimum atomic E-state index is 0.496. The first-order valence-corrected chi connectivity index (χ1v) is 7.54. The summed E-state index contributed by atoms with van der Waals surface area (Å²) in [7, 11) is 0. The summed E-state index contributed by atoms with van der Waals surface area (Å²) in [6.45, 7) is 4.26. The van der Waals surface area contributed by atoms with Gasteiger partial charge in [-0.3, -0.25) is 0 Å². The molecule has 21 heavy (non-hydrogen) atoms. The van der Waals surface area contributed by atoms with Crippen LogP contribution >= 0.6 is 11.6 Å². The molecule has 0 N–H and O–H groups in total. The number of aryl methyl sites for hydroxylation is 2. The third-order valence-electron chi connectivity index (χ3n) is 3.66. The van der Waals surface area contributed by atoms with E-state index in [0.29, 0.717) is 10.9 Å². The molecule has 3 aromatic rings. The monoisotopic (exact) mass is 300 g/mol. The highest BCUT2D eigenvalue weighted by Gasteiger charge is 2.17. The largest absolute Gasteiger partial charge is 0.253 e. The Morgan fingerprint density at radius 1 is 1.24 bits per heavy atom. The molecular weight excluding hydrogens is 284 g/mol. The zero-order chi connectivity index (χ0) is 14.8. The van der Waals surface area contributed by atoms with Gasteiger partial charge in [-0.15, -0.1) is 0 Å². The van der Waals surface area contributed by atoms with E-state index >= 15 is 0 Å². The van der Waals surface area contributed by atoms with Crippen molar-refractivity contribution in [3.63, 3.8) is 0 Å². The first-order chi connectivity index (χ1) is 10.2. The minimum absolute atomic E-state index is 0.496. The Labute approximate surface area is 128 Å². The highest BCUT2D eigenvalue weighted by molar-refractivity contribution is 6.32. The van der Waals surface area contributed by atoms with Gasteiger partial charge >= 0.3 is 0 Å². The number of nitrogens with zero attached hydrogens (tertiary/aromatic N) is 4. The minimum Gasteiger partial charge on any atom is -0.201 e. The van der Waals surface area contributed by atoms with Crippen molar-refractivity contribution in [3.05, 3.63) is 47.0 Å². The van der Waals surface area contributed by atoms with Crippen molar-refractivity contribution in [1.29, 1.82) is 0 Å². The van der Waals surface area contributed by atoms with E-state index in [2.05, 4.69) is 41.0 Å². The van der Waals surface area contributed by atoms with Crippen LogP contribution in [0, 0.1) is 6.92 Å². The van der Waals surface area contributed by atoms with Crippen molar-refractivity contribution < 1.29 is 0 Å². The quantitative estimate of drug-likeness (QED) is 0.681. The fraction of sp³-hybridized carbons (Fsp3) is 0.312. The summed E-state index contributed by atoms with van der Waals surface area (Å²) in [5.41, 5.74) is 4.34. The summed E-state index contributed by atoms with van der Waals surface area (Å²) in [6.07, 6.45) is 4.62. The maximum Gasteiger partial charge on any atom is 0.253 e. The van der Waals surface area contributed by atoms with Crippen molar-refractivity contribution in [3.8, 4) is 11.1 Å². The number of benzene rings is 1. The summed E-state index contributed by atoms with van der Waals surface area (Å²) in [5.74, 6) is 0.559. The summed E-state index contributed by atoms with van der Waals surface area (Å²) >= 11 is 6.46. The summed E-state index contributed by atoms with van der Waals surface area (Å²) in [4.78, 5) is 8.54. The molecule has 0 atom stereocenters. The van der Waals surface area contributed by atoms with Crippen LogP contribution in [0.1, 0.15) is 31.0 Å². The molecule has 0 aliphatic rings. The van der Waals surface area contributed by atoms with Crippen LogP contribution in [0.25, 0.3) is 16.9 Å². The number of fused-ring (bicyclic) bond motifs is 1. The van der Waals surface area contributed by atoms with Gasteiger partial charge in [0.05, 0.1) is 5.69 Å². The van der Waals surface area contributed by atoms with E-state index in [-0.39, 0.29) is 0 Å². The number of hydrogen-bond donors (Lipinski definition) is 0. The van der Waals surface area contributed by atoms with Crippen LogP contribution in [-0.2, 0) is 6.42 Å². The highest BCUT2D eigenvalue weighted by Crippen LogP contribution is 2.33. The van der Waals surface area contributed by atoms with E-state index < -0.39 is 0 Å². The average Bonchev–Trinajstić information content (AvgIpc) is 2.93. The van der Waals surface area contributed by atoms with Gasteiger partial charge in [-0.2, -0.15) is 15.1 Å². The lowest BCUT2D eigenvalue weighted by molar-refractivity contribution is 0.740. The van der Waals surface area contributed by atoms with Gasteiger partial charge in [0.25, 0.3) is 5.78 Å². The SMILES string of the molecule is CCCCc1c(-c2ccccc2C)c(Cl)nc2ncnn12. The molecule has 0 amide bonds. The van der Waals surface area contributed by atoms with Gasteiger partial charge in [-0.1, -0.05) is 49.2 Å². The Kier molecular flexibility index (Phi) is 3.88. The normalized spacial score (nSPS) is 11.2. The van der Waals surface area contributed by atoms with Crippen LogP contribution < -0.4 is 0 Å². The van der Waals surface area contributed by atoms with Crippen molar-refractivity contribution in [1.82, 2.24) is 19.6 Å². The van der Waals surface area contributed by atoms with Gasteiger partial charge in [-0.25, -0.2) is 4.52 Å². The zero-order valence-corrected chi connectivity index (χ0v) is 12.9. The summed E-state index contributed by atoms with van der Waals surface area (Å²) in [6, 6.07) is 8.21. The molecule has 108 valence electrons. The molecule has 0 unspecified atom stereocenters. The van der Waals surface area contributed by atoms with Crippen LogP contribution in [0.4, 0.5) is 0 Å². The van der Waals surface area contributed by atoms with E-state index in [1.54, 1.807) is 0 Å². The predicted octanol–water partition coefficient (Wildman–Crippen LogP) is 4.10. The van der Waals surface area contributed by atoms with Crippen LogP contribution in [0.2, 0.25) is 5.15 Å². The first-order valence-electron chi connectivity index (χ1n) is 7.16. The lowest BCUT2D eigenvalue weighted by Crippen LogP contribution is -2.06. The molecule has 1 aromatic carbocycles. The number of rotatable bonds is 4. The molecule has 0 radical (unpaired) electrons. The molecule has 0 fully saturated rings. The van der Waals surface area contributed by atoms with Gasteiger partial charge in [-0.05, 0) is 30.9 Å². The molecule has 0 spiro atoms. The summed E-state index contributed by atoms with van der Waals surface area (Å²) in [5, 5.41) is 4.81. The topological polar surface area (TPSA) is 43.1 Å². The van der Waals surface area contributed by atoms with E-state index in [1.807, 2.05) is 16.6 Å². The number of aromatic nitrogens is 4. The molecule has 0 bridgehead atoms. The third-order valence-corrected chi connectivity index (χ3v) is 3.93. The fourth-order valence-electron chi connectivity index (χ4n) is 2.57. The Balaban J connectivity index is 2.29. The zero-order valence-electron chi connectivity index (χ0n) is 12.2. The van der Waals surface area contributed by atoms with Crippen LogP contribution in [-0.4, -0.2) is 19.6 Å². The predicted molar refractivity (Wildman–Crippen MR) is 84.6 cm³/mol. The lowest BCUT2D eigenvalue weighted by Gasteiger charge is -2.14. The Bertz CT molecular complexity index is 779. The summed E-state index contributed by atoms with van der Waals surface area (Å²) < 4.78 is 1.81. The second-order valence-electron chi connectivity index (χ2n) is 5.11. The van der Waals surface area contributed by atoms with Gasteiger partial charge in [0, 0.05) is 5.56 Å². The van der Waals surface area contributed by atoms with E-state index in [0.717, 1.165) is 36.1 Å². The van der Waals surface area contributed by atoms with E-state index in [1.165, 1.54) is 11.9 Å². The Hall–Kier alpha value is -1.94. The smallest absolute Gasteiger partial charge is 0.201 e. The van der Waals surface area contributed by atoms with Crippen molar-refractivity contribution in [2.24, 2.45) is 0 Å². The Morgan fingerprint density at radius 2 is 2.05 bits per heavy atom. The van der Waals surface area contributed by atoms with Crippen molar-refractivity contribution >= 4 is 17.4 Å². The molecular formula is C16H17ClN4. The molecule has 5 heteroatoms. The Morgan fingerprint density at radius 3 is 2.81 bits per heavy atom. The molecule has 0 aliphatic heterocycles. The fourth-order valence-corrected chi connectivity index (χ4v) is 2.85. The van der Waals surface area contributed by atoms with Crippen molar-refractivity contribution in [2.45, 2.75) is 33.1 Å². The van der Waals surface area contributed by atoms with Gasteiger partial charge < -0.3 is 0 Å². The van der Waals surface area contributed by atoms with Crippen LogP contribution in [0.15, 0.2) is 30.6 Å². The van der Waals surface area contributed by atoms with E-state index in [4.69, 9.17) is 11.6 Å². The van der Waals surface area contributed by atoms with Crippen LogP contribution in [0.3, 0.4) is 0 Å². The first kappa shape index (κ1) is 14.0. The maximum atomic E-state index is 6.46. The molecule has 0 saturated heterocycles. The molecule has 4 nitrogen and oxygen atoms in total. The maximum absolute atomic E-state index is 6.46. The van der Waals surface area contributed by atoms with Gasteiger partial charge in [0.2, 0.25) is 0 Å². The molecule has 0 saturated carbocycles. The standard InChI is InChI=1S/C16H17ClN4/c1-3-4-9-13-14(12-8-6-5-7-11(12)2)15(17)20-16-18-10-19-21(13)16/h5-8,10H,3-4,9H2,1-2H3. The molecule has 3 rings (SSSR count). The average molecular weight is 301 g/mol. The van der Waals surface area contributed by atoms with Crippen LogP contribution in [0.5, 0.6) is 0 Å².